The van der Waals surface area contributed by atoms with Crippen LogP contribution in [0.2, 0.25) is 0 Å². The molecule has 2 heterocycles. The van der Waals surface area contributed by atoms with Crippen LogP contribution in [-0.2, 0) is 58.5 Å². The first-order chi connectivity index (χ1) is 36.2. The quantitative estimate of drug-likeness (QED) is 0.00732. The normalized spacial score (nSPS) is 12.0. The van der Waals surface area contributed by atoms with Crippen LogP contribution >= 0.6 is 36.1 Å². The average Bonchev–Trinajstić information content (AvgIpc) is 3.37. The van der Waals surface area contributed by atoms with Gasteiger partial charge < -0.3 is 31.1 Å². The Hall–Kier alpha value is -6.14. The molecule has 0 atom stereocenters. The van der Waals surface area contributed by atoms with Crippen molar-refractivity contribution in [2.45, 2.75) is 57.1 Å². The minimum atomic E-state index is -4.94. The van der Waals surface area contributed by atoms with Gasteiger partial charge >= 0.3 is 0 Å². The number of benzene rings is 4. The third-order valence-electron chi connectivity index (χ3n) is 10.0. The molecule has 6 rings (SSSR count). The molecule has 76 heavy (non-hydrogen) atoms. The van der Waals surface area contributed by atoms with Gasteiger partial charge in [0.1, 0.15) is 9.79 Å². The zero-order valence-corrected chi connectivity index (χ0v) is 44.4. The molecule has 10 N–H and O–H groups in total. The molecule has 0 saturated carbocycles. The molecule has 0 spiro atoms. The van der Waals surface area contributed by atoms with E-state index in [9.17, 15) is 38.9 Å². The molecule has 2 aromatic heterocycles. The van der Waals surface area contributed by atoms with Crippen LogP contribution in [0.3, 0.4) is 0 Å². The van der Waals surface area contributed by atoms with Crippen molar-refractivity contribution in [2.75, 3.05) is 57.2 Å². The Morgan fingerprint density at radius 1 is 0.487 bits per heavy atom. The first kappa shape index (κ1) is 59.1. The Morgan fingerprint density at radius 3 is 1.47 bits per heavy atom. The fraction of sp³-hybridized carbons (Fsp3) is 0.200. The summed E-state index contributed by atoms with van der Waals surface area (Å²) in [5.74, 6) is -0.281. The van der Waals surface area contributed by atoms with Crippen molar-refractivity contribution >= 4 is 137 Å². The van der Waals surface area contributed by atoms with Gasteiger partial charge in [-0.05, 0) is 99.5 Å². The van der Waals surface area contributed by atoms with Gasteiger partial charge in [0.2, 0.25) is 35.7 Å². The van der Waals surface area contributed by atoms with Gasteiger partial charge in [0.15, 0.2) is 0 Å². The van der Waals surface area contributed by atoms with Gasteiger partial charge in [0, 0.05) is 47.3 Å². The molecule has 0 bridgehead atoms. The van der Waals surface area contributed by atoms with Gasteiger partial charge in [-0.2, -0.15) is 55.2 Å². The standard InChI is InChI=1S/C40H44N12O18S6/c1-5-51(6-2)39-47-35(45-37(49-39)43-29-22-28(74(56,57)58)16-17-31(29)72-69-66-54)41-25-13-11-23(32(19-25)73-70-67-55)9-10-24-12-14-26(20-34(24)76(62,63)64)42-36-46-38(50-40(48-36)52(7-3)8-4)44-30-21-27(71-68-65-53)15-18-33(30)75(59,60)61/h9-22,53-55H,5-8H2,1-4H3,(H,56,57,58)(H,59,60,61)(H,62,63,64)(H2,41,43,45,47,49)(H2,42,44,46,48,50)/b10-9+. The minimum absolute atomic E-state index is 0.00768. The second-order valence-corrected chi connectivity index (χ2v) is 21.1. The van der Waals surface area contributed by atoms with Crippen molar-refractivity contribution in [2.24, 2.45) is 0 Å². The summed E-state index contributed by atoms with van der Waals surface area (Å²) < 4.78 is 118. The van der Waals surface area contributed by atoms with E-state index in [0.717, 1.165) is 24.3 Å². The number of aromatic nitrogens is 6. The summed E-state index contributed by atoms with van der Waals surface area (Å²) in [6.45, 7) is 9.08. The maximum atomic E-state index is 12.9. The Morgan fingerprint density at radius 2 is 0.961 bits per heavy atom. The highest BCUT2D eigenvalue weighted by molar-refractivity contribution is 7.95. The first-order valence-corrected chi connectivity index (χ1v) is 28.0. The van der Waals surface area contributed by atoms with Gasteiger partial charge in [-0.15, -0.1) is 13.0 Å². The topological polar surface area (TPSA) is 411 Å². The molecule has 0 radical (unpaired) electrons. The van der Waals surface area contributed by atoms with E-state index in [2.05, 4.69) is 75.0 Å². The highest BCUT2D eigenvalue weighted by atomic mass is 32.2. The molecule has 0 aliphatic heterocycles. The van der Waals surface area contributed by atoms with E-state index in [1.165, 1.54) is 48.6 Å². The highest BCUT2D eigenvalue weighted by Crippen LogP contribution is 2.35. The van der Waals surface area contributed by atoms with Gasteiger partial charge in [0.25, 0.3) is 30.4 Å². The molecular formula is C40H44N12O18S6. The van der Waals surface area contributed by atoms with E-state index in [0.29, 0.717) is 73.6 Å². The maximum absolute atomic E-state index is 12.9. The fourth-order valence-electron chi connectivity index (χ4n) is 6.60. The number of hydrogen-bond donors (Lipinski definition) is 10. The van der Waals surface area contributed by atoms with Crippen molar-refractivity contribution in [3.8, 4) is 0 Å². The van der Waals surface area contributed by atoms with Crippen LogP contribution in [0.5, 0.6) is 0 Å². The molecular weight excluding hydrogens is 1130 g/mol. The van der Waals surface area contributed by atoms with Crippen molar-refractivity contribution < 1.29 is 82.8 Å². The largest absolute Gasteiger partial charge is 0.341 e. The van der Waals surface area contributed by atoms with Crippen molar-refractivity contribution in [3.05, 3.63) is 83.9 Å². The van der Waals surface area contributed by atoms with Crippen molar-refractivity contribution in [1.29, 1.82) is 0 Å². The lowest BCUT2D eigenvalue weighted by molar-refractivity contribution is -0.432. The van der Waals surface area contributed by atoms with E-state index in [1.54, 1.807) is 21.9 Å². The molecule has 30 nitrogen and oxygen atoms in total. The van der Waals surface area contributed by atoms with Crippen LogP contribution in [0.4, 0.5) is 58.4 Å². The second kappa shape index (κ2) is 26.8. The van der Waals surface area contributed by atoms with Gasteiger partial charge in [-0.1, -0.05) is 39.4 Å². The molecule has 0 fully saturated rings. The van der Waals surface area contributed by atoms with Gasteiger partial charge in [-0.3, -0.25) is 13.7 Å². The summed E-state index contributed by atoms with van der Waals surface area (Å²) in [5, 5.41) is 49.1. The predicted molar refractivity (Wildman–Crippen MR) is 276 cm³/mol. The molecule has 0 saturated heterocycles. The van der Waals surface area contributed by atoms with E-state index in [4.69, 9.17) is 20.1 Å². The SMILES string of the molecule is CCN(CC)c1nc(Nc2ccc(/C=C/c3ccc(Nc4nc(Nc5cc(SOOO)ccc5S(=O)(=O)O)nc(N(CC)CC)n4)cc3S(=O)(=O)O)c(SOOO)c2)nc(Nc2cc(S(=O)(=O)O)ccc2SOOO)n1. The summed E-state index contributed by atoms with van der Waals surface area (Å²) in [7, 11) is -14.4. The van der Waals surface area contributed by atoms with Crippen LogP contribution in [0, 0.1) is 0 Å². The third kappa shape index (κ3) is 16.2. The Bertz CT molecular complexity index is 3380. The van der Waals surface area contributed by atoms with Gasteiger partial charge in [-0.25, -0.2) is 15.8 Å². The molecule has 0 amide bonds. The lowest BCUT2D eigenvalue weighted by Crippen LogP contribution is -2.25. The van der Waals surface area contributed by atoms with Crippen molar-refractivity contribution in [3.63, 3.8) is 0 Å². The molecule has 6 aromatic rings. The van der Waals surface area contributed by atoms with E-state index in [-0.39, 0.29) is 73.0 Å². The van der Waals surface area contributed by atoms with E-state index < -0.39 is 45.0 Å². The Balaban J connectivity index is 1.32. The zero-order valence-electron chi connectivity index (χ0n) is 39.5. The number of anilines is 10. The molecule has 36 heteroatoms. The Kier molecular flexibility index (Phi) is 20.8. The highest BCUT2D eigenvalue weighted by Gasteiger charge is 2.22. The lowest BCUT2D eigenvalue weighted by atomic mass is 10.1. The second-order valence-electron chi connectivity index (χ2n) is 14.7. The zero-order chi connectivity index (χ0) is 55.2. The lowest BCUT2D eigenvalue weighted by Gasteiger charge is -2.20. The number of hydrogen-bond acceptors (Lipinski definition) is 30. The number of nitrogens with zero attached hydrogens (tertiary/aromatic N) is 8. The molecule has 0 unspecified atom stereocenters. The van der Waals surface area contributed by atoms with Crippen LogP contribution in [0.1, 0.15) is 38.8 Å². The monoisotopic (exact) mass is 1170 g/mol. The summed E-state index contributed by atoms with van der Waals surface area (Å²) >= 11 is 1.55. The predicted octanol–water partition coefficient (Wildman–Crippen LogP) is 7.92. The minimum Gasteiger partial charge on any atom is -0.341 e. The molecule has 0 aliphatic carbocycles. The summed E-state index contributed by atoms with van der Waals surface area (Å²) in [6, 6.07) is 15.5. The number of rotatable bonds is 28. The summed E-state index contributed by atoms with van der Waals surface area (Å²) in [5.41, 5.74) is 0.528. The van der Waals surface area contributed by atoms with Crippen LogP contribution in [0.25, 0.3) is 12.2 Å². The van der Waals surface area contributed by atoms with E-state index in [1.807, 2.05) is 27.7 Å². The van der Waals surface area contributed by atoms with Crippen LogP contribution in [0.15, 0.2) is 102 Å². The smallest absolute Gasteiger partial charge is 0.296 e. The first-order valence-electron chi connectivity index (χ1n) is 21.4. The number of nitrogens with one attached hydrogen (secondary N) is 4. The van der Waals surface area contributed by atoms with Crippen molar-refractivity contribution in [1.82, 2.24) is 29.9 Å². The van der Waals surface area contributed by atoms with E-state index >= 15 is 0 Å². The van der Waals surface area contributed by atoms with Gasteiger partial charge in [0.05, 0.1) is 57.3 Å². The maximum Gasteiger partial charge on any atom is 0.296 e. The molecule has 0 aliphatic rings. The Labute approximate surface area is 445 Å². The molecule has 4 aromatic carbocycles. The summed E-state index contributed by atoms with van der Waals surface area (Å²) in [6.07, 6.45) is 2.83. The fourth-order valence-corrected chi connectivity index (χ4v) is 9.79. The third-order valence-corrected chi connectivity index (χ3v) is 14.6. The molecule has 408 valence electrons. The summed E-state index contributed by atoms with van der Waals surface area (Å²) in [4.78, 5) is 29.1. The van der Waals surface area contributed by atoms with Crippen LogP contribution in [-0.4, -0.2) is 111 Å². The average molecular weight is 1170 g/mol. The van der Waals surface area contributed by atoms with Crippen LogP contribution < -0.4 is 31.1 Å².